The molecule has 4 aromatic rings. The summed E-state index contributed by atoms with van der Waals surface area (Å²) in [5.41, 5.74) is 4.25. The third kappa shape index (κ3) is 6.77. The first kappa shape index (κ1) is 25.5. The lowest BCUT2D eigenvalue weighted by molar-refractivity contribution is -0.132. The lowest BCUT2D eigenvalue weighted by atomic mass is 10.1. The van der Waals surface area contributed by atoms with E-state index in [-0.39, 0.29) is 18.5 Å². The van der Waals surface area contributed by atoms with Crippen LogP contribution in [-0.4, -0.2) is 46.4 Å². The zero-order valence-electron chi connectivity index (χ0n) is 21.0. The lowest BCUT2D eigenvalue weighted by Gasteiger charge is -2.28. The van der Waals surface area contributed by atoms with Crippen molar-refractivity contribution in [1.82, 2.24) is 14.8 Å². The van der Waals surface area contributed by atoms with Crippen LogP contribution in [0.3, 0.4) is 0 Å². The SMILES string of the molecule is CCCN(CC(=O)N(CCc1c[nH]c2ccccc12)Cc1ccccc1)C(=O)Nc1cccc(C#N)c1. The van der Waals surface area contributed by atoms with E-state index in [4.69, 9.17) is 5.26 Å². The van der Waals surface area contributed by atoms with Crippen LogP contribution in [0.1, 0.15) is 30.0 Å². The summed E-state index contributed by atoms with van der Waals surface area (Å²) in [6.45, 7) is 3.38. The maximum Gasteiger partial charge on any atom is 0.322 e. The predicted octanol–water partition coefficient (Wildman–Crippen LogP) is 5.55. The van der Waals surface area contributed by atoms with E-state index in [9.17, 15) is 9.59 Å². The highest BCUT2D eigenvalue weighted by molar-refractivity contribution is 5.92. The Hall–Kier alpha value is -4.57. The fourth-order valence-corrected chi connectivity index (χ4v) is 4.34. The van der Waals surface area contributed by atoms with E-state index < -0.39 is 0 Å². The smallest absolute Gasteiger partial charge is 0.322 e. The number of fused-ring (bicyclic) bond motifs is 1. The molecule has 0 spiro atoms. The van der Waals surface area contributed by atoms with Crippen LogP contribution in [0.4, 0.5) is 10.5 Å². The lowest BCUT2D eigenvalue weighted by Crippen LogP contribution is -2.45. The summed E-state index contributed by atoms with van der Waals surface area (Å²) in [7, 11) is 0. The summed E-state index contributed by atoms with van der Waals surface area (Å²) in [6.07, 6.45) is 3.42. The molecule has 3 amide bonds. The summed E-state index contributed by atoms with van der Waals surface area (Å²) in [5.74, 6) is -0.113. The topological polar surface area (TPSA) is 92.2 Å². The monoisotopic (exact) mass is 493 g/mol. The number of hydrogen-bond acceptors (Lipinski definition) is 3. The van der Waals surface area contributed by atoms with Gasteiger partial charge in [0.05, 0.1) is 11.6 Å². The first-order valence-corrected chi connectivity index (χ1v) is 12.5. The zero-order valence-corrected chi connectivity index (χ0v) is 21.0. The van der Waals surface area contributed by atoms with Crippen molar-refractivity contribution < 1.29 is 9.59 Å². The van der Waals surface area contributed by atoms with E-state index in [1.165, 1.54) is 4.90 Å². The first-order chi connectivity index (χ1) is 18.1. The van der Waals surface area contributed by atoms with Gasteiger partial charge in [-0.3, -0.25) is 4.79 Å². The van der Waals surface area contributed by atoms with Crippen LogP contribution in [0.5, 0.6) is 0 Å². The van der Waals surface area contributed by atoms with Crippen LogP contribution in [0.2, 0.25) is 0 Å². The molecule has 3 aromatic carbocycles. The number of amides is 3. The quantitative estimate of drug-likeness (QED) is 0.303. The highest BCUT2D eigenvalue weighted by Crippen LogP contribution is 2.19. The number of nitriles is 1. The van der Waals surface area contributed by atoms with Crippen molar-refractivity contribution in [2.24, 2.45) is 0 Å². The Balaban J connectivity index is 1.48. The van der Waals surface area contributed by atoms with Crippen LogP contribution < -0.4 is 5.32 Å². The molecule has 1 aromatic heterocycles. The number of nitrogens with one attached hydrogen (secondary N) is 2. The van der Waals surface area contributed by atoms with Gasteiger partial charge < -0.3 is 20.1 Å². The second-order valence-corrected chi connectivity index (χ2v) is 8.95. The van der Waals surface area contributed by atoms with Crippen molar-refractivity contribution in [3.05, 3.63) is 102 Å². The molecule has 1 heterocycles. The minimum absolute atomic E-state index is 0.0294. The maximum atomic E-state index is 13.6. The van der Waals surface area contributed by atoms with Crippen molar-refractivity contribution in [2.75, 3.05) is 25.0 Å². The molecule has 0 bridgehead atoms. The Bertz CT molecular complexity index is 1390. The molecule has 0 atom stereocenters. The third-order valence-corrected chi connectivity index (χ3v) is 6.24. The maximum absolute atomic E-state index is 13.6. The van der Waals surface area contributed by atoms with Gasteiger partial charge in [-0.1, -0.05) is 61.5 Å². The van der Waals surface area contributed by atoms with Crippen molar-refractivity contribution >= 4 is 28.5 Å². The van der Waals surface area contributed by atoms with Gasteiger partial charge in [-0.15, -0.1) is 0 Å². The fourth-order valence-electron chi connectivity index (χ4n) is 4.34. The minimum Gasteiger partial charge on any atom is -0.361 e. The van der Waals surface area contributed by atoms with Crippen LogP contribution in [-0.2, 0) is 17.8 Å². The Kier molecular flexibility index (Phi) is 8.56. The summed E-state index contributed by atoms with van der Waals surface area (Å²) >= 11 is 0. The Labute approximate surface area is 217 Å². The number of anilines is 1. The number of carbonyl (C=O) groups excluding carboxylic acids is 2. The molecular weight excluding hydrogens is 462 g/mol. The van der Waals surface area contributed by atoms with Gasteiger partial charge in [0.15, 0.2) is 0 Å². The molecule has 37 heavy (non-hydrogen) atoms. The molecular formula is C30H31N5O2. The number of nitrogens with zero attached hydrogens (tertiary/aromatic N) is 3. The van der Waals surface area contributed by atoms with Crippen molar-refractivity contribution in [3.63, 3.8) is 0 Å². The predicted molar refractivity (Wildman–Crippen MR) is 146 cm³/mol. The molecule has 2 N–H and O–H groups in total. The van der Waals surface area contributed by atoms with Gasteiger partial charge in [-0.05, 0) is 48.2 Å². The van der Waals surface area contributed by atoms with E-state index >= 15 is 0 Å². The van der Waals surface area contributed by atoms with E-state index in [0.717, 1.165) is 22.0 Å². The standard InChI is InChI=1S/C30H31N5O2/c1-2-16-35(30(37)33-26-12-8-11-24(18-26)19-31)22-29(36)34(21-23-9-4-3-5-10-23)17-15-25-20-32-28-14-7-6-13-27(25)28/h3-14,18,20,32H,2,15-17,21-22H2,1H3,(H,33,37). The highest BCUT2D eigenvalue weighted by atomic mass is 16.2. The van der Waals surface area contributed by atoms with E-state index in [1.807, 2.05) is 66.6 Å². The fraction of sp³-hybridized carbons (Fsp3) is 0.233. The zero-order chi connectivity index (χ0) is 26.0. The van der Waals surface area contributed by atoms with E-state index in [0.29, 0.717) is 43.7 Å². The van der Waals surface area contributed by atoms with Gasteiger partial charge in [-0.25, -0.2) is 4.79 Å². The molecule has 7 nitrogen and oxygen atoms in total. The van der Waals surface area contributed by atoms with Gasteiger partial charge in [0.1, 0.15) is 6.54 Å². The van der Waals surface area contributed by atoms with Crippen molar-refractivity contribution in [1.29, 1.82) is 5.26 Å². The van der Waals surface area contributed by atoms with Gasteiger partial charge in [0.2, 0.25) is 5.91 Å². The molecule has 0 aliphatic rings. The number of carbonyl (C=O) groups is 2. The number of rotatable bonds is 10. The van der Waals surface area contributed by atoms with Gasteiger partial charge in [-0.2, -0.15) is 5.26 Å². The molecule has 0 radical (unpaired) electrons. The molecule has 0 saturated heterocycles. The summed E-state index contributed by atoms with van der Waals surface area (Å²) < 4.78 is 0. The van der Waals surface area contributed by atoms with Gasteiger partial charge in [0.25, 0.3) is 0 Å². The highest BCUT2D eigenvalue weighted by Gasteiger charge is 2.22. The van der Waals surface area contributed by atoms with Crippen LogP contribution >= 0.6 is 0 Å². The molecule has 0 aliphatic heterocycles. The van der Waals surface area contributed by atoms with Crippen molar-refractivity contribution in [2.45, 2.75) is 26.3 Å². The first-order valence-electron chi connectivity index (χ1n) is 12.5. The average molecular weight is 494 g/mol. The number of urea groups is 1. The van der Waals surface area contributed by atoms with E-state index in [2.05, 4.69) is 22.4 Å². The summed E-state index contributed by atoms with van der Waals surface area (Å²) in [4.78, 5) is 33.3. The molecule has 188 valence electrons. The number of aromatic amines is 1. The molecule has 0 unspecified atom stereocenters. The normalized spacial score (nSPS) is 10.6. The summed E-state index contributed by atoms with van der Waals surface area (Å²) in [5, 5.41) is 13.1. The van der Waals surface area contributed by atoms with Gasteiger partial charge in [0, 0.05) is 42.4 Å². The molecule has 0 fully saturated rings. The second kappa shape index (κ2) is 12.4. The van der Waals surface area contributed by atoms with E-state index in [1.54, 1.807) is 24.3 Å². The number of hydrogen-bond donors (Lipinski definition) is 2. The molecule has 0 saturated carbocycles. The number of para-hydroxylation sites is 1. The third-order valence-electron chi connectivity index (χ3n) is 6.24. The van der Waals surface area contributed by atoms with Crippen LogP contribution in [0, 0.1) is 11.3 Å². The van der Waals surface area contributed by atoms with Gasteiger partial charge >= 0.3 is 6.03 Å². The molecule has 7 heteroatoms. The largest absolute Gasteiger partial charge is 0.361 e. The molecule has 0 aliphatic carbocycles. The van der Waals surface area contributed by atoms with Crippen LogP contribution in [0.15, 0.2) is 85.1 Å². The van der Waals surface area contributed by atoms with Crippen LogP contribution in [0.25, 0.3) is 10.9 Å². The average Bonchev–Trinajstić information content (AvgIpc) is 3.34. The number of aromatic nitrogens is 1. The minimum atomic E-state index is -0.360. The Morgan fingerprint density at radius 1 is 0.946 bits per heavy atom. The molecule has 4 rings (SSSR count). The Morgan fingerprint density at radius 2 is 1.73 bits per heavy atom. The second-order valence-electron chi connectivity index (χ2n) is 8.95. The number of benzene rings is 3. The van der Waals surface area contributed by atoms with Crippen molar-refractivity contribution in [3.8, 4) is 6.07 Å². The summed E-state index contributed by atoms with van der Waals surface area (Å²) in [6, 6.07) is 26.5. The number of H-pyrrole nitrogens is 1. The Morgan fingerprint density at radius 3 is 2.51 bits per heavy atom.